The Labute approximate surface area is 92.3 Å². The molecule has 2 heteroatoms. The highest BCUT2D eigenvalue weighted by atomic mass is 16.7. The smallest absolute Gasteiger partial charge is 0.160 e. The van der Waals surface area contributed by atoms with Crippen LogP contribution in [0, 0.1) is 29.6 Å². The molecule has 2 saturated carbocycles. The van der Waals surface area contributed by atoms with Gasteiger partial charge in [0.1, 0.15) is 0 Å². The van der Waals surface area contributed by atoms with Crippen LogP contribution < -0.4 is 0 Å². The third kappa shape index (κ3) is 1.53. The molecule has 1 aliphatic heterocycles. The van der Waals surface area contributed by atoms with Gasteiger partial charge in [-0.2, -0.15) is 0 Å². The van der Waals surface area contributed by atoms with Crippen molar-refractivity contribution in [2.45, 2.75) is 39.4 Å². The van der Waals surface area contributed by atoms with Crippen molar-refractivity contribution in [2.75, 3.05) is 13.2 Å². The summed E-state index contributed by atoms with van der Waals surface area (Å²) in [6, 6.07) is 0. The monoisotopic (exact) mass is 210 g/mol. The van der Waals surface area contributed by atoms with Crippen molar-refractivity contribution in [3.05, 3.63) is 0 Å². The summed E-state index contributed by atoms with van der Waals surface area (Å²) in [6.07, 6.45) is 3.98. The quantitative estimate of drug-likeness (QED) is 0.662. The highest BCUT2D eigenvalue weighted by Gasteiger charge is 2.51. The molecule has 0 radical (unpaired) electrons. The van der Waals surface area contributed by atoms with Gasteiger partial charge in [-0.15, -0.1) is 0 Å². The first-order chi connectivity index (χ1) is 7.27. The fraction of sp³-hybridized carbons (Fsp3) is 1.00. The first-order valence-electron chi connectivity index (χ1n) is 6.50. The Morgan fingerprint density at radius 3 is 2.13 bits per heavy atom. The Morgan fingerprint density at radius 2 is 1.53 bits per heavy atom. The average Bonchev–Trinajstić information content (AvgIpc) is 2.82. The van der Waals surface area contributed by atoms with Crippen molar-refractivity contribution >= 4 is 0 Å². The largest absolute Gasteiger partial charge is 0.352 e. The van der Waals surface area contributed by atoms with Crippen LogP contribution in [0.4, 0.5) is 0 Å². The van der Waals surface area contributed by atoms with E-state index < -0.39 is 0 Å². The fourth-order valence-electron chi connectivity index (χ4n) is 4.06. The van der Waals surface area contributed by atoms with Gasteiger partial charge in [-0.05, 0) is 42.9 Å². The highest BCUT2D eigenvalue weighted by molar-refractivity contribution is 4.98. The summed E-state index contributed by atoms with van der Waals surface area (Å²) in [7, 11) is 0. The number of ether oxygens (including phenoxy) is 2. The molecule has 5 unspecified atom stereocenters. The summed E-state index contributed by atoms with van der Waals surface area (Å²) in [5, 5.41) is 0. The van der Waals surface area contributed by atoms with E-state index in [-0.39, 0.29) is 6.29 Å². The molecular weight excluding hydrogens is 188 g/mol. The maximum Gasteiger partial charge on any atom is 0.160 e. The molecule has 3 aliphatic rings. The minimum atomic E-state index is 0.128. The van der Waals surface area contributed by atoms with Crippen LogP contribution >= 0.6 is 0 Å². The van der Waals surface area contributed by atoms with E-state index in [0.717, 1.165) is 43.3 Å². The van der Waals surface area contributed by atoms with Crippen molar-refractivity contribution in [1.29, 1.82) is 0 Å². The van der Waals surface area contributed by atoms with Crippen LogP contribution in [0.5, 0.6) is 0 Å². The van der Waals surface area contributed by atoms with Gasteiger partial charge in [-0.3, -0.25) is 0 Å². The van der Waals surface area contributed by atoms with E-state index in [2.05, 4.69) is 13.8 Å². The third-order valence-electron chi connectivity index (χ3n) is 5.15. The fourth-order valence-corrected chi connectivity index (χ4v) is 4.06. The molecule has 15 heavy (non-hydrogen) atoms. The minimum absolute atomic E-state index is 0.128. The number of hydrogen-bond acceptors (Lipinski definition) is 2. The molecule has 0 N–H and O–H groups in total. The molecule has 5 atom stereocenters. The molecule has 3 fully saturated rings. The molecular formula is C13H22O2. The van der Waals surface area contributed by atoms with E-state index >= 15 is 0 Å². The van der Waals surface area contributed by atoms with Crippen LogP contribution in [-0.2, 0) is 9.47 Å². The Hall–Kier alpha value is -0.0800. The lowest BCUT2D eigenvalue weighted by atomic mass is 9.75. The second-order valence-electron chi connectivity index (χ2n) is 5.74. The summed E-state index contributed by atoms with van der Waals surface area (Å²) < 4.78 is 11.6. The molecule has 2 nitrogen and oxygen atoms in total. The van der Waals surface area contributed by atoms with Gasteiger partial charge in [-0.1, -0.05) is 13.8 Å². The molecule has 0 aromatic rings. The van der Waals surface area contributed by atoms with Crippen LogP contribution in [0.15, 0.2) is 0 Å². The molecule has 86 valence electrons. The summed E-state index contributed by atoms with van der Waals surface area (Å²) in [5.74, 6) is 4.32. The van der Waals surface area contributed by atoms with Crippen LogP contribution in [-0.4, -0.2) is 19.5 Å². The molecule has 1 heterocycles. The highest BCUT2D eigenvalue weighted by Crippen LogP contribution is 2.56. The summed E-state index contributed by atoms with van der Waals surface area (Å²) in [4.78, 5) is 0. The summed E-state index contributed by atoms with van der Waals surface area (Å²) in [5.41, 5.74) is 0. The van der Waals surface area contributed by atoms with Crippen LogP contribution in [0.25, 0.3) is 0 Å². The van der Waals surface area contributed by atoms with E-state index in [1.807, 2.05) is 0 Å². The second kappa shape index (κ2) is 3.74. The summed E-state index contributed by atoms with van der Waals surface area (Å²) >= 11 is 0. The molecule has 2 aliphatic carbocycles. The van der Waals surface area contributed by atoms with E-state index in [1.54, 1.807) is 0 Å². The van der Waals surface area contributed by atoms with Gasteiger partial charge < -0.3 is 9.47 Å². The van der Waals surface area contributed by atoms with E-state index in [1.165, 1.54) is 12.8 Å². The zero-order chi connectivity index (χ0) is 10.4. The first-order valence-corrected chi connectivity index (χ1v) is 6.50. The van der Waals surface area contributed by atoms with Crippen molar-refractivity contribution in [3.63, 3.8) is 0 Å². The lowest BCUT2D eigenvalue weighted by molar-refractivity contribution is -0.216. The van der Waals surface area contributed by atoms with Crippen molar-refractivity contribution in [1.82, 2.24) is 0 Å². The van der Waals surface area contributed by atoms with Crippen LogP contribution in [0.2, 0.25) is 0 Å². The number of fused-ring (bicyclic) bond motifs is 2. The third-order valence-corrected chi connectivity index (χ3v) is 5.15. The standard InChI is InChI=1S/C13H22O2/c1-8-9(2)11-6-10(8)7-12(11)13-14-4-3-5-15-13/h8-13H,3-7H2,1-2H3. The zero-order valence-electron chi connectivity index (χ0n) is 9.82. The molecule has 2 bridgehead atoms. The van der Waals surface area contributed by atoms with Crippen LogP contribution in [0.1, 0.15) is 33.1 Å². The van der Waals surface area contributed by atoms with Gasteiger partial charge in [0.2, 0.25) is 0 Å². The van der Waals surface area contributed by atoms with Gasteiger partial charge in [-0.25, -0.2) is 0 Å². The van der Waals surface area contributed by atoms with Crippen molar-refractivity contribution < 1.29 is 9.47 Å². The molecule has 0 aromatic carbocycles. The average molecular weight is 210 g/mol. The Morgan fingerprint density at radius 1 is 0.867 bits per heavy atom. The predicted octanol–water partition coefficient (Wildman–Crippen LogP) is 2.68. The molecule has 1 saturated heterocycles. The zero-order valence-corrected chi connectivity index (χ0v) is 9.82. The lowest BCUT2D eigenvalue weighted by Gasteiger charge is -2.37. The van der Waals surface area contributed by atoms with Crippen molar-refractivity contribution in [2.24, 2.45) is 29.6 Å². The molecule has 3 rings (SSSR count). The second-order valence-corrected chi connectivity index (χ2v) is 5.74. The molecule has 0 amide bonds. The lowest BCUT2D eigenvalue weighted by Crippen LogP contribution is -2.38. The SMILES string of the molecule is CC1C2CC(C3OCCCO3)C(C2)C1C. The van der Waals surface area contributed by atoms with Gasteiger partial charge in [0, 0.05) is 5.92 Å². The van der Waals surface area contributed by atoms with Gasteiger partial charge in [0.05, 0.1) is 13.2 Å². The Bertz CT molecular complexity index is 233. The first kappa shape index (κ1) is 10.1. The molecule has 0 aromatic heterocycles. The Kier molecular flexibility index (Phi) is 2.52. The van der Waals surface area contributed by atoms with Crippen molar-refractivity contribution in [3.8, 4) is 0 Å². The van der Waals surface area contributed by atoms with E-state index in [9.17, 15) is 0 Å². The van der Waals surface area contributed by atoms with Gasteiger partial charge in [0.15, 0.2) is 6.29 Å². The maximum absolute atomic E-state index is 5.78. The number of rotatable bonds is 1. The predicted molar refractivity (Wildman–Crippen MR) is 58.3 cm³/mol. The molecule has 0 spiro atoms. The van der Waals surface area contributed by atoms with Gasteiger partial charge >= 0.3 is 0 Å². The van der Waals surface area contributed by atoms with E-state index in [0.29, 0.717) is 5.92 Å². The topological polar surface area (TPSA) is 18.5 Å². The Balaban J connectivity index is 1.69. The summed E-state index contributed by atoms with van der Waals surface area (Å²) in [6.45, 7) is 6.66. The van der Waals surface area contributed by atoms with Crippen LogP contribution in [0.3, 0.4) is 0 Å². The minimum Gasteiger partial charge on any atom is -0.352 e. The van der Waals surface area contributed by atoms with Gasteiger partial charge in [0.25, 0.3) is 0 Å². The normalized spacial score (nSPS) is 51.2. The maximum atomic E-state index is 5.78. The number of hydrogen-bond donors (Lipinski definition) is 0. The van der Waals surface area contributed by atoms with E-state index in [4.69, 9.17) is 9.47 Å².